The molecule has 1 saturated heterocycles. The maximum atomic E-state index is 13.4. The second kappa shape index (κ2) is 7.66. The zero-order valence-electron chi connectivity index (χ0n) is 16.3. The number of pyridine rings is 1. The van der Waals surface area contributed by atoms with Crippen LogP contribution >= 0.6 is 0 Å². The lowest BCUT2D eigenvalue weighted by atomic mass is 10.1. The Morgan fingerprint density at radius 3 is 2.48 bits per heavy atom. The number of rotatable bonds is 3. The molecule has 4 rings (SSSR count). The van der Waals surface area contributed by atoms with E-state index in [-0.39, 0.29) is 11.5 Å². The average Bonchev–Trinajstić information content (AvgIpc) is 2.75. The number of nitrogens with zero attached hydrogens (tertiary/aromatic N) is 3. The molecule has 150 valence electrons. The zero-order valence-corrected chi connectivity index (χ0v) is 16.3. The number of amides is 1. The number of hydrogen-bond acceptors (Lipinski definition) is 4. The number of benzene rings is 2. The SMILES string of the molecule is COc1cccc2c(C)cc(N3CCN(C(=O)c4ccc(F)c(F)c4)CC3)nc12. The van der Waals surface area contributed by atoms with Crippen molar-refractivity contribution in [3.05, 3.63) is 65.2 Å². The molecule has 0 bridgehead atoms. The lowest BCUT2D eigenvalue weighted by Gasteiger charge is -2.35. The second-order valence-electron chi connectivity index (χ2n) is 7.06. The van der Waals surface area contributed by atoms with E-state index in [4.69, 9.17) is 9.72 Å². The summed E-state index contributed by atoms with van der Waals surface area (Å²) < 4.78 is 32.0. The third-order valence-electron chi connectivity index (χ3n) is 5.27. The van der Waals surface area contributed by atoms with Crippen LogP contribution in [0, 0.1) is 18.6 Å². The topological polar surface area (TPSA) is 45.7 Å². The molecular weight excluding hydrogens is 376 g/mol. The number of halogens is 2. The molecular formula is C22H21F2N3O2. The number of hydrogen-bond donors (Lipinski definition) is 0. The molecule has 0 unspecified atom stereocenters. The Kier molecular flexibility index (Phi) is 5.05. The summed E-state index contributed by atoms with van der Waals surface area (Å²) in [5.74, 6) is -0.717. The van der Waals surface area contributed by atoms with Gasteiger partial charge in [0.2, 0.25) is 0 Å². The van der Waals surface area contributed by atoms with Crippen molar-refractivity contribution in [1.82, 2.24) is 9.88 Å². The predicted molar refractivity (Wildman–Crippen MR) is 108 cm³/mol. The summed E-state index contributed by atoms with van der Waals surface area (Å²) in [4.78, 5) is 21.2. The number of anilines is 1. The van der Waals surface area contributed by atoms with Crippen molar-refractivity contribution in [3.63, 3.8) is 0 Å². The molecule has 1 amide bonds. The fraction of sp³-hybridized carbons (Fsp3) is 0.273. The Hall–Kier alpha value is -3.22. The molecule has 7 heteroatoms. The van der Waals surface area contributed by atoms with Crippen LogP contribution in [0.5, 0.6) is 5.75 Å². The molecule has 1 aliphatic heterocycles. The summed E-state index contributed by atoms with van der Waals surface area (Å²) in [5, 5.41) is 1.04. The fourth-order valence-corrected chi connectivity index (χ4v) is 3.65. The first-order chi connectivity index (χ1) is 14.0. The van der Waals surface area contributed by atoms with Crippen LogP contribution in [0.25, 0.3) is 10.9 Å². The fourth-order valence-electron chi connectivity index (χ4n) is 3.65. The van der Waals surface area contributed by atoms with Gasteiger partial charge in [0.1, 0.15) is 17.1 Å². The molecule has 1 fully saturated rings. The van der Waals surface area contributed by atoms with Crippen LogP contribution in [0.2, 0.25) is 0 Å². The number of aromatic nitrogens is 1. The summed E-state index contributed by atoms with van der Waals surface area (Å²) >= 11 is 0. The van der Waals surface area contributed by atoms with Crippen molar-refractivity contribution in [2.24, 2.45) is 0 Å². The lowest BCUT2D eigenvalue weighted by Crippen LogP contribution is -2.49. The molecule has 29 heavy (non-hydrogen) atoms. The van der Waals surface area contributed by atoms with Gasteiger partial charge in [-0.2, -0.15) is 0 Å². The molecule has 0 aliphatic carbocycles. The van der Waals surface area contributed by atoms with Crippen molar-refractivity contribution in [2.75, 3.05) is 38.2 Å². The first kappa shape index (κ1) is 19.1. The van der Waals surface area contributed by atoms with Crippen molar-refractivity contribution in [2.45, 2.75) is 6.92 Å². The number of carbonyl (C=O) groups is 1. The normalized spacial score (nSPS) is 14.3. The zero-order chi connectivity index (χ0) is 20.5. The summed E-state index contributed by atoms with van der Waals surface area (Å²) in [6, 6.07) is 11.1. The highest BCUT2D eigenvalue weighted by Crippen LogP contribution is 2.29. The molecule has 2 heterocycles. The van der Waals surface area contributed by atoms with E-state index in [9.17, 15) is 13.6 Å². The van der Waals surface area contributed by atoms with Gasteiger partial charge in [-0.3, -0.25) is 4.79 Å². The lowest BCUT2D eigenvalue weighted by molar-refractivity contribution is 0.0746. The van der Waals surface area contributed by atoms with Crippen molar-refractivity contribution in [3.8, 4) is 5.75 Å². The molecule has 3 aromatic rings. The summed E-state index contributed by atoms with van der Waals surface area (Å²) in [7, 11) is 1.63. The molecule has 0 radical (unpaired) electrons. The number of ether oxygens (including phenoxy) is 1. The minimum Gasteiger partial charge on any atom is -0.494 e. The van der Waals surface area contributed by atoms with Crippen molar-refractivity contribution < 1.29 is 18.3 Å². The maximum absolute atomic E-state index is 13.4. The largest absolute Gasteiger partial charge is 0.494 e. The average molecular weight is 397 g/mol. The van der Waals surface area contributed by atoms with Crippen LogP contribution < -0.4 is 9.64 Å². The number of para-hydroxylation sites is 1. The highest BCUT2D eigenvalue weighted by Gasteiger charge is 2.24. The highest BCUT2D eigenvalue weighted by atomic mass is 19.2. The van der Waals surface area contributed by atoms with E-state index in [1.807, 2.05) is 31.2 Å². The summed E-state index contributed by atoms with van der Waals surface area (Å²) in [6.07, 6.45) is 0. The second-order valence-corrected chi connectivity index (χ2v) is 7.06. The standard InChI is InChI=1S/C22H21F2N3O2/c1-14-12-20(25-21-16(14)4-3-5-19(21)29-2)26-8-10-27(11-9-26)22(28)15-6-7-17(23)18(24)13-15/h3-7,12-13H,8-11H2,1-2H3. The van der Waals surface area contributed by atoms with Gasteiger partial charge in [-0.1, -0.05) is 12.1 Å². The van der Waals surface area contributed by atoms with E-state index in [2.05, 4.69) is 4.90 Å². The monoisotopic (exact) mass is 397 g/mol. The van der Waals surface area contributed by atoms with Gasteiger partial charge in [-0.25, -0.2) is 13.8 Å². The van der Waals surface area contributed by atoms with Gasteiger partial charge in [0, 0.05) is 37.1 Å². The Bertz CT molecular complexity index is 1080. The third-order valence-corrected chi connectivity index (χ3v) is 5.27. The smallest absolute Gasteiger partial charge is 0.254 e. The number of methoxy groups -OCH3 is 1. The third kappa shape index (κ3) is 3.60. The minimum atomic E-state index is -1.01. The number of aryl methyl sites for hydroxylation is 1. The molecule has 5 nitrogen and oxygen atoms in total. The van der Waals surface area contributed by atoms with Crippen LogP contribution in [0.1, 0.15) is 15.9 Å². The molecule has 0 spiro atoms. The van der Waals surface area contributed by atoms with E-state index >= 15 is 0 Å². The minimum absolute atomic E-state index is 0.154. The Morgan fingerprint density at radius 1 is 1.03 bits per heavy atom. The molecule has 0 N–H and O–H groups in total. The van der Waals surface area contributed by atoms with Gasteiger partial charge < -0.3 is 14.5 Å². The molecule has 1 aliphatic rings. The van der Waals surface area contributed by atoms with Crippen LogP contribution in [-0.4, -0.2) is 49.1 Å². The van der Waals surface area contributed by atoms with E-state index in [0.29, 0.717) is 26.2 Å². The first-order valence-electron chi connectivity index (χ1n) is 9.41. The van der Waals surface area contributed by atoms with Crippen molar-refractivity contribution in [1.29, 1.82) is 0 Å². The van der Waals surface area contributed by atoms with Gasteiger partial charge >= 0.3 is 0 Å². The summed E-state index contributed by atoms with van der Waals surface area (Å²) in [5.41, 5.74) is 2.07. The van der Waals surface area contributed by atoms with Crippen LogP contribution in [0.4, 0.5) is 14.6 Å². The summed E-state index contributed by atoms with van der Waals surface area (Å²) in [6.45, 7) is 4.19. The Labute approximate surface area is 167 Å². The first-order valence-corrected chi connectivity index (χ1v) is 9.41. The Balaban J connectivity index is 1.52. The van der Waals surface area contributed by atoms with E-state index in [1.54, 1.807) is 12.0 Å². The van der Waals surface area contributed by atoms with Gasteiger partial charge in [0.15, 0.2) is 11.6 Å². The number of piperazine rings is 1. The van der Waals surface area contributed by atoms with Gasteiger partial charge in [0.05, 0.1) is 7.11 Å². The van der Waals surface area contributed by atoms with Crippen LogP contribution in [0.15, 0.2) is 42.5 Å². The van der Waals surface area contributed by atoms with E-state index in [0.717, 1.165) is 40.2 Å². The van der Waals surface area contributed by atoms with E-state index < -0.39 is 11.6 Å². The van der Waals surface area contributed by atoms with E-state index in [1.165, 1.54) is 6.07 Å². The van der Waals surface area contributed by atoms with Gasteiger partial charge in [-0.15, -0.1) is 0 Å². The Morgan fingerprint density at radius 2 is 1.79 bits per heavy atom. The maximum Gasteiger partial charge on any atom is 0.254 e. The van der Waals surface area contributed by atoms with Crippen molar-refractivity contribution >= 4 is 22.6 Å². The van der Waals surface area contributed by atoms with Gasteiger partial charge in [-0.05, 0) is 42.8 Å². The predicted octanol–water partition coefficient (Wildman–Crippen LogP) is 3.79. The molecule has 0 atom stereocenters. The number of carbonyl (C=O) groups excluding carboxylic acids is 1. The van der Waals surface area contributed by atoms with Crippen LogP contribution in [0.3, 0.4) is 0 Å². The van der Waals surface area contributed by atoms with Gasteiger partial charge in [0.25, 0.3) is 5.91 Å². The van der Waals surface area contributed by atoms with Crippen LogP contribution in [-0.2, 0) is 0 Å². The quantitative estimate of drug-likeness (QED) is 0.675. The number of fused-ring (bicyclic) bond motifs is 1. The molecule has 1 aromatic heterocycles. The molecule has 0 saturated carbocycles. The highest BCUT2D eigenvalue weighted by molar-refractivity contribution is 5.94. The molecule has 2 aromatic carbocycles.